The standard InChI is InChI=1S/C18H17NO4S/c1-3-22-17(20)14(18(21)23-4-2)16-19-15-12-8-6-5-7-11(12)9-10-13(15)24-16/h5-10,14H,3-4H2,1-2H3. The Balaban J connectivity index is 2.11. The monoisotopic (exact) mass is 343 g/mol. The van der Waals surface area contributed by atoms with Gasteiger partial charge in [-0.15, -0.1) is 11.3 Å². The molecule has 3 aromatic rings. The average Bonchev–Trinajstić information content (AvgIpc) is 2.99. The highest BCUT2D eigenvalue weighted by molar-refractivity contribution is 7.19. The molecule has 0 atom stereocenters. The largest absolute Gasteiger partial charge is 0.465 e. The minimum Gasteiger partial charge on any atom is -0.465 e. The van der Waals surface area contributed by atoms with Crippen LogP contribution >= 0.6 is 11.3 Å². The second kappa shape index (κ2) is 6.97. The summed E-state index contributed by atoms with van der Waals surface area (Å²) in [7, 11) is 0. The zero-order valence-electron chi connectivity index (χ0n) is 13.4. The number of rotatable bonds is 5. The van der Waals surface area contributed by atoms with Gasteiger partial charge in [0.15, 0.2) is 0 Å². The summed E-state index contributed by atoms with van der Waals surface area (Å²) in [4.78, 5) is 29.1. The van der Waals surface area contributed by atoms with E-state index in [2.05, 4.69) is 4.98 Å². The van der Waals surface area contributed by atoms with E-state index in [1.165, 1.54) is 11.3 Å². The van der Waals surface area contributed by atoms with E-state index in [9.17, 15) is 9.59 Å². The van der Waals surface area contributed by atoms with Crippen LogP contribution in [0.1, 0.15) is 24.8 Å². The van der Waals surface area contributed by atoms with E-state index in [0.29, 0.717) is 5.01 Å². The summed E-state index contributed by atoms with van der Waals surface area (Å²) < 4.78 is 11.0. The molecule has 1 aromatic heterocycles. The highest BCUT2D eigenvalue weighted by atomic mass is 32.1. The van der Waals surface area contributed by atoms with Gasteiger partial charge in [-0.05, 0) is 25.3 Å². The number of fused-ring (bicyclic) bond motifs is 3. The summed E-state index contributed by atoms with van der Waals surface area (Å²) in [5.41, 5.74) is 0.784. The van der Waals surface area contributed by atoms with E-state index in [0.717, 1.165) is 21.0 Å². The first-order valence-electron chi connectivity index (χ1n) is 7.77. The van der Waals surface area contributed by atoms with Crippen molar-refractivity contribution in [2.45, 2.75) is 19.8 Å². The van der Waals surface area contributed by atoms with Crippen molar-refractivity contribution < 1.29 is 19.1 Å². The first kappa shape index (κ1) is 16.4. The summed E-state index contributed by atoms with van der Waals surface area (Å²) in [5.74, 6) is -2.39. The van der Waals surface area contributed by atoms with E-state index >= 15 is 0 Å². The third-order valence-corrected chi connectivity index (χ3v) is 4.68. The summed E-state index contributed by atoms with van der Waals surface area (Å²) in [5, 5.41) is 2.45. The maximum Gasteiger partial charge on any atom is 0.327 e. The van der Waals surface area contributed by atoms with E-state index in [1.807, 2.05) is 36.4 Å². The molecule has 0 spiro atoms. The van der Waals surface area contributed by atoms with Crippen LogP contribution in [-0.4, -0.2) is 30.1 Å². The fourth-order valence-electron chi connectivity index (χ4n) is 2.55. The molecule has 0 aliphatic rings. The molecule has 24 heavy (non-hydrogen) atoms. The number of hydrogen-bond donors (Lipinski definition) is 0. The normalized spacial score (nSPS) is 11.1. The summed E-state index contributed by atoms with van der Waals surface area (Å²) in [6, 6.07) is 11.8. The van der Waals surface area contributed by atoms with Gasteiger partial charge in [-0.3, -0.25) is 9.59 Å². The molecule has 2 aromatic carbocycles. The van der Waals surface area contributed by atoms with Crippen molar-refractivity contribution in [2.75, 3.05) is 13.2 Å². The third kappa shape index (κ3) is 2.97. The quantitative estimate of drug-likeness (QED) is 0.522. The van der Waals surface area contributed by atoms with Crippen molar-refractivity contribution in [1.82, 2.24) is 4.98 Å². The molecule has 0 saturated carbocycles. The van der Waals surface area contributed by atoms with E-state index in [1.54, 1.807) is 13.8 Å². The van der Waals surface area contributed by atoms with Gasteiger partial charge in [0.05, 0.1) is 23.4 Å². The minimum atomic E-state index is -1.14. The van der Waals surface area contributed by atoms with Crippen LogP contribution in [0, 0.1) is 0 Å². The Bertz CT molecular complexity index is 884. The van der Waals surface area contributed by atoms with Crippen LogP contribution in [0.15, 0.2) is 36.4 Å². The van der Waals surface area contributed by atoms with Gasteiger partial charge in [0.2, 0.25) is 5.92 Å². The highest BCUT2D eigenvalue weighted by Gasteiger charge is 2.34. The van der Waals surface area contributed by atoms with Crippen molar-refractivity contribution in [3.05, 3.63) is 41.4 Å². The van der Waals surface area contributed by atoms with Crippen LogP contribution in [0.25, 0.3) is 21.0 Å². The topological polar surface area (TPSA) is 65.5 Å². The molecule has 0 radical (unpaired) electrons. The lowest BCUT2D eigenvalue weighted by Crippen LogP contribution is -2.26. The lowest BCUT2D eigenvalue weighted by atomic mass is 10.1. The van der Waals surface area contributed by atoms with Crippen LogP contribution in [0.2, 0.25) is 0 Å². The number of carbonyl (C=O) groups is 2. The zero-order chi connectivity index (χ0) is 17.1. The van der Waals surface area contributed by atoms with Gasteiger partial charge >= 0.3 is 11.9 Å². The average molecular weight is 343 g/mol. The Morgan fingerprint density at radius 2 is 1.71 bits per heavy atom. The predicted octanol–water partition coefficient (Wildman–Crippen LogP) is 3.66. The van der Waals surface area contributed by atoms with Crippen LogP contribution < -0.4 is 0 Å². The van der Waals surface area contributed by atoms with Gasteiger partial charge in [-0.25, -0.2) is 4.98 Å². The molecule has 6 heteroatoms. The van der Waals surface area contributed by atoms with Gasteiger partial charge in [-0.1, -0.05) is 30.3 Å². The van der Waals surface area contributed by atoms with E-state index in [-0.39, 0.29) is 13.2 Å². The number of ether oxygens (including phenoxy) is 2. The van der Waals surface area contributed by atoms with Crippen molar-refractivity contribution in [2.24, 2.45) is 0 Å². The molecule has 124 valence electrons. The predicted molar refractivity (Wildman–Crippen MR) is 93.1 cm³/mol. The SMILES string of the molecule is CCOC(=O)C(C(=O)OCC)c1nc2c(ccc3ccccc32)s1. The van der Waals surface area contributed by atoms with Crippen molar-refractivity contribution in [1.29, 1.82) is 0 Å². The minimum absolute atomic E-state index is 0.197. The Kier molecular flexibility index (Phi) is 4.76. The molecule has 0 N–H and O–H groups in total. The maximum absolute atomic E-state index is 12.2. The molecule has 0 aliphatic heterocycles. The Hall–Kier alpha value is -2.47. The number of thiazole rings is 1. The molecule has 0 unspecified atom stereocenters. The molecule has 0 saturated heterocycles. The number of esters is 2. The van der Waals surface area contributed by atoms with Gasteiger partial charge in [0.25, 0.3) is 0 Å². The zero-order valence-corrected chi connectivity index (χ0v) is 14.3. The van der Waals surface area contributed by atoms with E-state index < -0.39 is 17.9 Å². The molecule has 1 heterocycles. The van der Waals surface area contributed by atoms with E-state index in [4.69, 9.17) is 9.47 Å². The number of benzene rings is 2. The second-order valence-corrected chi connectivity index (χ2v) is 6.18. The van der Waals surface area contributed by atoms with Crippen LogP contribution in [0.3, 0.4) is 0 Å². The number of aromatic nitrogens is 1. The summed E-state index contributed by atoms with van der Waals surface area (Å²) in [6.07, 6.45) is 0. The molecule has 0 amide bonds. The van der Waals surface area contributed by atoms with Crippen LogP contribution in [-0.2, 0) is 19.1 Å². The molecule has 3 rings (SSSR count). The first-order valence-corrected chi connectivity index (χ1v) is 8.58. The molecular formula is C18H17NO4S. The van der Waals surface area contributed by atoms with Crippen LogP contribution in [0.5, 0.6) is 0 Å². The fourth-order valence-corrected chi connectivity index (χ4v) is 3.61. The van der Waals surface area contributed by atoms with Gasteiger partial charge in [0.1, 0.15) is 5.01 Å². The highest BCUT2D eigenvalue weighted by Crippen LogP contribution is 2.33. The van der Waals surface area contributed by atoms with Gasteiger partial charge < -0.3 is 9.47 Å². The number of carbonyl (C=O) groups excluding carboxylic acids is 2. The van der Waals surface area contributed by atoms with Crippen molar-refractivity contribution >= 4 is 44.3 Å². The maximum atomic E-state index is 12.2. The molecule has 0 fully saturated rings. The third-order valence-electron chi connectivity index (χ3n) is 3.59. The Labute approximate surface area is 143 Å². The lowest BCUT2D eigenvalue weighted by molar-refractivity contribution is -0.156. The molecular weight excluding hydrogens is 326 g/mol. The van der Waals surface area contributed by atoms with Gasteiger partial charge in [0, 0.05) is 5.39 Å². The van der Waals surface area contributed by atoms with Crippen molar-refractivity contribution in [3.63, 3.8) is 0 Å². The molecule has 0 bridgehead atoms. The molecule has 5 nitrogen and oxygen atoms in total. The lowest BCUT2D eigenvalue weighted by Gasteiger charge is -2.11. The Morgan fingerprint density at radius 1 is 1.04 bits per heavy atom. The van der Waals surface area contributed by atoms with Crippen LogP contribution in [0.4, 0.5) is 0 Å². The first-order chi connectivity index (χ1) is 11.7. The number of nitrogens with zero attached hydrogens (tertiary/aromatic N) is 1. The number of hydrogen-bond acceptors (Lipinski definition) is 6. The van der Waals surface area contributed by atoms with Gasteiger partial charge in [-0.2, -0.15) is 0 Å². The fraction of sp³-hybridized carbons (Fsp3) is 0.278. The smallest absolute Gasteiger partial charge is 0.327 e. The Morgan fingerprint density at radius 3 is 2.38 bits per heavy atom. The second-order valence-electron chi connectivity index (χ2n) is 5.12. The summed E-state index contributed by atoms with van der Waals surface area (Å²) in [6.45, 7) is 3.79. The summed E-state index contributed by atoms with van der Waals surface area (Å²) >= 11 is 1.32. The van der Waals surface area contributed by atoms with Crippen molar-refractivity contribution in [3.8, 4) is 0 Å². The molecule has 0 aliphatic carbocycles.